The minimum Gasteiger partial charge on any atom is -0.0942 e. The Kier molecular flexibility index (Phi) is 5.35. The van der Waals surface area contributed by atoms with Crippen molar-refractivity contribution in [2.45, 2.75) is 26.2 Å². The van der Waals surface area contributed by atoms with Crippen LogP contribution in [0, 0.1) is 10.5 Å². The van der Waals surface area contributed by atoms with Crippen LogP contribution in [0.5, 0.6) is 0 Å². The van der Waals surface area contributed by atoms with Gasteiger partial charge >= 0.3 is 0 Å². The number of halogens is 1. The van der Waals surface area contributed by atoms with Gasteiger partial charge in [0.25, 0.3) is 0 Å². The lowest BCUT2D eigenvalue weighted by Gasteiger charge is -2.34. The standard InChI is InChI=1S/C28H25I/c1-5-19(2)13-16-21(4)28(22-17-14-20(3)15-18-22)24-10-7-6-9-23(24)27-25(28)11-8-12-26(27)29/h5-18H,4H2,1-3H3/b16-13-,19-5-. The highest BCUT2D eigenvalue weighted by molar-refractivity contribution is 14.1. The van der Waals surface area contributed by atoms with Crippen LogP contribution in [0.3, 0.4) is 0 Å². The van der Waals surface area contributed by atoms with E-state index in [0.29, 0.717) is 0 Å². The monoisotopic (exact) mass is 488 g/mol. The minimum absolute atomic E-state index is 0.384. The van der Waals surface area contributed by atoms with Gasteiger partial charge in [0.2, 0.25) is 0 Å². The topological polar surface area (TPSA) is 0 Å². The van der Waals surface area contributed by atoms with Crippen LogP contribution < -0.4 is 0 Å². The molecule has 3 aromatic rings. The summed E-state index contributed by atoms with van der Waals surface area (Å²) in [4.78, 5) is 0. The Morgan fingerprint density at radius 3 is 2.31 bits per heavy atom. The lowest BCUT2D eigenvalue weighted by molar-refractivity contribution is 0.769. The summed E-state index contributed by atoms with van der Waals surface area (Å²) >= 11 is 2.47. The van der Waals surface area contributed by atoms with Gasteiger partial charge in [-0.3, -0.25) is 0 Å². The second kappa shape index (κ2) is 7.79. The van der Waals surface area contributed by atoms with Crippen LogP contribution in [0.25, 0.3) is 11.1 Å². The number of benzene rings is 3. The maximum absolute atomic E-state index is 4.62. The van der Waals surface area contributed by atoms with Crippen molar-refractivity contribution >= 4 is 22.6 Å². The first-order chi connectivity index (χ1) is 14.0. The van der Waals surface area contributed by atoms with E-state index < -0.39 is 0 Å². The molecule has 0 heterocycles. The van der Waals surface area contributed by atoms with Crippen LogP contribution in [0.4, 0.5) is 0 Å². The van der Waals surface area contributed by atoms with Crippen molar-refractivity contribution in [3.8, 4) is 11.1 Å². The van der Waals surface area contributed by atoms with E-state index >= 15 is 0 Å². The largest absolute Gasteiger partial charge is 0.0942 e. The Morgan fingerprint density at radius 2 is 1.59 bits per heavy atom. The fourth-order valence-electron chi connectivity index (χ4n) is 4.38. The zero-order valence-electron chi connectivity index (χ0n) is 17.2. The molecule has 0 fully saturated rings. The summed E-state index contributed by atoms with van der Waals surface area (Å²) < 4.78 is 1.28. The Balaban J connectivity index is 2.09. The van der Waals surface area contributed by atoms with E-state index in [4.69, 9.17) is 0 Å². The maximum atomic E-state index is 4.62. The second-order valence-electron chi connectivity index (χ2n) is 7.72. The zero-order chi connectivity index (χ0) is 20.6. The zero-order valence-corrected chi connectivity index (χ0v) is 19.3. The third-order valence-electron chi connectivity index (χ3n) is 5.99. The number of hydrogen-bond donors (Lipinski definition) is 0. The van der Waals surface area contributed by atoms with E-state index in [1.165, 1.54) is 42.5 Å². The molecular formula is C28H25I. The number of fused-ring (bicyclic) bond motifs is 3. The normalized spacial score (nSPS) is 18.0. The van der Waals surface area contributed by atoms with Gasteiger partial charge in [-0.05, 0) is 77.3 Å². The number of rotatable bonds is 4. The summed E-state index contributed by atoms with van der Waals surface area (Å²) in [5.41, 5.74) is 9.76. The van der Waals surface area contributed by atoms with Crippen LogP contribution in [0.15, 0.2) is 103 Å². The van der Waals surface area contributed by atoms with E-state index in [2.05, 4.69) is 135 Å². The number of hydrogen-bond acceptors (Lipinski definition) is 0. The molecule has 1 unspecified atom stereocenters. The van der Waals surface area contributed by atoms with Gasteiger partial charge in [-0.2, -0.15) is 0 Å². The predicted octanol–water partition coefficient (Wildman–Crippen LogP) is 7.99. The van der Waals surface area contributed by atoms with Crippen LogP contribution in [-0.4, -0.2) is 0 Å². The molecule has 0 nitrogen and oxygen atoms in total. The van der Waals surface area contributed by atoms with Gasteiger partial charge in [0.05, 0.1) is 5.41 Å². The fourth-order valence-corrected chi connectivity index (χ4v) is 5.17. The molecule has 0 amide bonds. The molecule has 0 aliphatic heterocycles. The van der Waals surface area contributed by atoms with Crippen LogP contribution >= 0.6 is 22.6 Å². The first-order valence-corrected chi connectivity index (χ1v) is 11.0. The molecule has 0 saturated heterocycles. The highest BCUT2D eigenvalue weighted by Crippen LogP contribution is 2.57. The van der Waals surface area contributed by atoms with Gasteiger partial charge in [0.15, 0.2) is 0 Å². The third kappa shape index (κ3) is 3.12. The molecule has 1 aliphatic rings. The van der Waals surface area contributed by atoms with Crippen molar-refractivity contribution in [3.63, 3.8) is 0 Å². The van der Waals surface area contributed by atoms with E-state index in [0.717, 1.165) is 5.57 Å². The average Bonchev–Trinajstić information content (AvgIpc) is 3.05. The molecule has 1 aliphatic carbocycles. The van der Waals surface area contributed by atoms with Crippen molar-refractivity contribution in [2.75, 3.05) is 0 Å². The molecule has 0 radical (unpaired) electrons. The highest BCUT2D eigenvalue weighted by atomic mass is 127. The molecular weight excluding hydrogens is 463 g/mol. The lowest BCUT2D eigenvalue weighted by atomic mass is 9.67. The smallest absolute Gasteiger partial charge is 0.0708 e. The van der Waals surface area contributed by atoms with Crippen LogP contribution in [-0.2, 0) is 5.41 Å². The molecule has 0 bridgehead atoms. The molecule has 1 heteroatoms. The Hall–Kier alpha value is -2.39. The van der Waals surface area contributed by atoms with E-state index in [9.17, 15) is 0 Å². The fraction of sp³-hybridized carbons (Fsp3) is 0.143. The van der Waals surface area contributed by atoms with Crippen LogP contribution in [0.2, 0.25) is 0 Å². The summed E-state index contributed by atoms with van der Waals surface area (Å²) in [6.07, 6.45) is 6.50. The summed E-state index contributed by atoms with van der Waals surface area (Å²) in [7, 11) is 0. The number of allylic oxidation sites excluding steroid dienone is 5. The maximum Gasteiger partial charge on any atom is 0.0708 e. The first kappa shape index (κ1) is 19.9. The molecule has 4 rings (SSSR count). The summed E-state index contributed by atoms with van der Waals surface area (Å²) in [6, 6.07) is 24.4. The lowest BCUT2D eigenvalue weighted by Crippen LogP contribution is -2.28. The van der Waals surface area contributed by atoms with E-state index in [-0.39, 0.29) is 5.41 Å². The quantitative estimate of drug-likeness (QED) is 0.258. The highest BCUT2D eigenvalue weighted by Gasteiger charge is 2.46. The molecule has 0 saturated carbocycles. The molecule has 0 aromatic heterocycles. The molecule has 3 aromatic carbocycles. The predicted molar refractivity (Wildman–Crippen MR) is 133 cm³/mol. The van der Waals surface area contributed by atoms with Crippen molar-refractivity contribution in [1.29, 1.82) is 0 Å². The van der Waals surface area contributed by atoms with Gasteiger partial charge in [0, 0.05) is 9.13 Å². The van der Waals surface area contributed by atoms with Gasteiger partial charge in [-0.15, -0.1) is 0 Å². The second-order valence-corrected chi connectivity index (χ2v) is 8.88. The summed E-state index contributed by atoms with van der Waals surface area (Å²) in [5.74, 6) is 0. The summed E-state index contributed by atoms with van der Waals surface area (Å²) in [6.45, 7) is 11.0. The van der Waals surface area contributed by atoms with Crippen LogP contribution in [0.1, 0.15) is 36.1 Å². The first-order valence-electron chi connectivity index (χ1n) is 9.96. The number of aryl methyl sites for hydroxylation is 1. The van der Waals surface area contributed by atoms with Gasteiger partial charge in [0.1, 0.15) is 0 Å². The van der Waals surface area contributed by atoms with Gasteiger partial charge < -0.3 is 0 Å². The Morgan fingerprint density at radius 1 is 0.897 bits per heavy atom. The molecule has 144 valence electrons. The molecule has 0 spiro atoms. The van der Waals surface area contributed by atoms with E-state index in [1.54, 1.807) is 0 Å². The minimum atomic E-state index is -0.384. The van der Waals surface area contributed by atoms with Crippen molar-refractivity contribution < 1.29 is 0 Å². The third-order valence-corrected chi connectivity index (χ3v) is 6.89. The van der Waals surface area contributed by atoms with Crippen molar-refractivity contribution in [3.05, 3.63) is 129 Å². The Bertz CT molecular complexity index is 1150. The SMILES string of the molecule is C=C(/C=C\C(C)=C/C)C1(c2ccc(C)cc2)c2ccccc2-c2c(I)cccc21. The van der Waals surface area contributed by atoms with Gasteiger partial charge in [-0.1, -0.05) is 96.6 Å². The molecule has 1 atom stereocenters. The molecule has 29 heavy (non-hydrogen) atoms. The van der Waals surface area contributed by atoms with E-state index in [1.807, 2.05) is 0 Å². The average molecular weight is 488 g/mol. The van der Waals surface area contributed by atoms with Crippen molar-refractivity contribution in [2.24, 2.45) is 0 Å². The Labute approximate surface area is 187 Å². The molecule has 0 N–H and O–H groups in total. The van der Waals surface area contributed by atoms with Gasteiger partial charge in [-0.25, -0.2) is 0 Å². The van der Waals surface area contributed by atoms with Crippen molar-refractivity contribution in [1.82, 2.24) is 0 Å². The summed E-state index contributed by atoms with van der Waals surface area (Å²) in [5, 5.41) is 0.